The fourth-order valence-corrected chi connectivity index (χ4v) is 6.70. The SMILES string of the molecule is CC(=O)Nc1ccc(NC(=O)C2CCCN2S(=O)(=O)c2ccc(Br)s2)cc1. The van der Waals surface area contributed by atoms with E-state index in [9.17, 15) is 18.0 Å². The number of nitrogens with one attached hydrogen (secondary N) is 2. The fraction of sp³-hybridized carbons (Fsp3) is 0.294. The lowest BCUT2D eigenvalue weighted by Crippen LogP contribution is -2.42. The Hall–Kier alpha value is -1.75. The number of rotatable bonds is 5. The minimum atomic E-state index is -3.71. The van der Waals surface area contributed by atoms with Crippen molar-refractivity contribution in [3.8, 4) is 0 Å². The van der Waals surface area contributed by atoms with Crippen LogP contribution in [0.2, 0.25) is 0 Å². The summed E-state index contributed by atoms with van der Waals surface area (Å²) in [5, 5.41) is 5.41. The summed E-state index contributed by atoms with van der Waals surface area (Å²) in [7, 11) is -3.71. The minimum absolute atomic E-state index is 0.182. The number of carbonyl (C=O) groups is 2. The number of anilines is 2. The molecule has 0 saturated carbocycles. The van der Waals surface area contributed by atoms with Gasteiger partial charge in [-0.1, -0.05) is 0 Å². The topological polar surface area (TPSA) is 95.6 Å². The summed E-state index contributed by atoms with van der Waals surface area (Å²) in [5.74, 6) is -0.544. The summed E-state index contributed by atoms with van der Waals surface area (Å²) in [5.41, 5.74) is 1.16. The number of thiophene rings is 1. The van der Waals surface area contributed by atoms with Gasteiger partial charge in [-0.05, 0) is 65.2 Å². The van der Waals surface area contributed by atoms with Gasteiger partial charge in [-0.2, -0.15) is 4.31 Å². The summed E-state index contributed by atoms with van der Waals surface area (Å²) in [6.07, 6.45) is 1.10. The molecule has 0 radical (unpaired) electrons. The van der Waals surface area contributed by atoms with Gasteiger partial charge in [0, 0.05) is 24.8 Å². The molecule has 2 aromatic rings. The van der Waals surface area contributed by atoms with E-state index in [-0.39, 0.29) is 16.0 Å². The normalized spacial score (nSPS) is 17.6. The fourth-order valence-electron chi connectivity index (χ4n) is 2.91. The molecule has 0 spiro atoms. The Morgan fingerprint density at radius 1 is 1.11 bits per heavy atom. The van der Waals surface area contributed by atoms with E-state index in [1.54, 1.807) is 30.3 Å². The van der Waals surface area contributed by atoms with Crippen molar-refractivity contribution >= 4 is 60.5 Å². The van der Waals surface area contributed by atoms with E-state index in [4.69, 9.17) is 0 Å². The van der Waals surface area contributed by atoms with Crippen LogP contribution in [0.5, 0.6) is 0 Å². The molecule has 1 unspecified atom stereocenters. The van der Waals surface area contributed by atoms with Crippen LogP contribution in [-0.2, 0) is 19.6 Å². The van der Waals surface area contributed by atoms with Gasteiger partial charge in [-0.3, -0.25) is 9.59 Å². The maximum Gasteiger partial charge on any atom is 0.253 e. The van der Waals surface area contributed by atoms with Gasteiger partial charge in [0.05, 0.1) is 3.79 Å². The van der Waals surface area contributed by atoms with Gasteiger partial charge in [0.25, 0.3) is 10.0 Å². The Bertz CT molecular complexity index is 957. The average molecular weight is 472 g/mol. The van der Waals surface area contributed by atoms with Crippen LogP contribution in [0, 0.1) is 0 Å². The van der Waals surface area contributed by atoms with Gasteiger partial charge in [0.1, 0.15) is 10.3 Å². The van der Waals surface area contributed by atoms with Crippen molar-refractivity contribution in [1.82, 2.24) is 4.31 Å². The predicted molar refractivity (Wildman–Crippen MR) is 108 cm³/mol. The van der Waals surface area contributed by atoms with Crippen molar-refractivity contribution in [3.63, 3.8) is 0 Å². The molecule has 1 saturated heterocycles. The second-order valence-corrected chi connectivity index (χ2v) is 10.7. The lowest BCUT2D eigenvalue weighted by Gasteiger charge is -2.22. The highest BCUT2D eigenvalue weighted by Gasteiger charge is 2.40. The van der Waals surface area contributed by atoms with E-state index in [0.29, 0.717) is 30.8 Å². The second kappa shape index (κ2) is 8.09. The molecule has 27 heavy (non-hydrogen) atoms. The Balaban J connectivity index is 1.73. The number of amides is 2. The molecule has 2 heterocycles. The summed E-state index contributed by atoms with van der Waals surface area (Å²) in [4.78, 5) is 23.7. The number of halogens is 1. The highest BCUT2D eigenvalue weighted by molar-refractivity contribution is 9.11. The first kappa shape index (κ1) is 20.0. The van der Waals surface area contributed by atoms with Crippen molar-refractivity contribution in [1.29, 1.82) is 0 Å². The first-order valence-corrected chi connectivity index (χ1v) is 11.3. The minimum Gasteiger partial charge on any atom is -0.326 e. The number of hydrogen-bond donors (Lipinski definition) is 2. The summed E-state index contributed by atoms with van der Waals surface area (Å²) < 4.78 is 27.9. The number of sulfonamides is 1. The molecule has 1 aromatic carbocycles. The molecule has 10 heteroatoms. The van der Waals surface area contributed by atoms with Crippen LogP contribution in [-0.4, -0.2) is 37.1 Å². The van der Waals surface area contributed by atoms with Crippen LogP contribution >= 0.6 is 27.3 Å². The van der Waals surface area contributed by atoms with Crippen LogP contribution in [0.4, 0.5) is 11.4 Å². The van der Waals surface area contributed by atoms with Gasteiger partial charge in [-0.15, -0.1) is 11.3 Å². The van der Waals surface area contributed by atoms with E-state index in [0.717, 1.165) is 15.1 Å². The van der Waals surface area contributed by atoms with Crippen LogP contribution in [0.1, 0.15) is 19.8 Å². The monoisotopic (exact) mass is 471 g/mol. The van der Waals surface area contributed by atoms with E-state index in [1.807, 2.05) is 0 Å². The van der Waals surface area contributed by atoms with Gasteiger partial charge >= 0.3 is 0 Å². The molecule has 1 aliphatic heterocycles. The largest absolute Gasteiger partial charge is 0.326 e. The Labute approximate surface area is 169 Å². The third kappa shape index (κ3) is 4.57. The van der Waals surface area contributed by atoms with E-state index in [2.05, 4.69) is 26.6 Å². The molecule has 1 aromatic heterocycles. The van der Waals surface area contributed by atoms with Crippen LogP contribution < -0.4 is 10.6 Å². The van der Waals surface area contributed by atoms with E-state index >= 15 is 0 Å². The molecular weight excluding hydrogens is 454 g/mol. The summed E-state index contributed by atoms with van der Waals surface area (Å²) in [6, 6.07) is 9.14. The lowest BCUT2D eigenvalue weighted by molar-refractivity contribution is -0.119. The molecule has 0 aliphatic carbocycles. The van der Waals surface area contributed by atoms with Crippen LogP contribution in [0.25, 0.3) is 0 Å². The zero-order valence-electron chi connectivity index (χ0n) is 14.4. The summed E-state index contributed by atoms with van der Waals surface area (Å²) in [6.45, 7) is 1.73. The van der Waals surface area contributed by atoms with Crippen LogP contribution in [0.3, 0.4) is 0 Å². The van der Waals surface area contributed by atoms with Crippen molar-refractivity contribution in [3.05, 3.63) is 40.2 Å². The molecule has 2 N–H and O–H groups in total. The molecule has 0 bridgehead atoms. The van der Waals surface area contributed by atoms with Crippen molar-refractivity contribution < 1.29 is 18.0 Å². The Kier molecular flexibility index (Phi) is 5.99. The third-order valence-corrected chi connectivity index (χ3v) is 8.09. The number of benzene rings is 1. The second-order valence-electron chi connectivity index (χ2n) is 6.08. The van der Waals surface area contributed by atoms with Crippen molar-refractivity contribution in [2.45, 2.75) is 30.0 Å². The molecule has 3 rings (SSSR count). The Morgan fingerprint density at radius 2 is 1.74 bits per heavy atom. The smallest absolute Gasteiger partial charge is 0.253 e. The molecule has 1 aliphatic rings. The standard InChI is InChI=1S/C17H18BrN3O4S2/c1-11(22)19-12-4-6-13(7-5-12)20-17(23)14-3-2-10-21(14)27(24,25)16-9-8-15(18)26-16/h4-9,14H,2-3,10H2,1H3,(H,19,22)(H,20,23). The lowest BCUT2D eigenvalue weighted by atomic mass is 10.2. The molecular formula is C17H18BrN3O4S2. The van der Waals surface area contributed by atoms with Crippen molar-refractivity contribution in [2.75, 3.05) is 17.2 Å². The molecule has 1 atom stereocenters. The quantitative estimate of drug-likeness (QED) is 0.699. The summed E-state index contributed by atoms with van der Waals surface area (Å²) >= 11 is 4.40. The highest BCUT2D eigenvalue weighted by Crippen LogP contribution is 2.32. The maximum atomic E-state index is 12.9. The number of hydrogen-bond acceptors (Lipinski definition) is 5. The zero-order valence-corrected chi connectivity index (χ0v) is 17.7. The van der Waals surface area contributed by atoms with Gasteiger partial charge < -0.3 is 10.6 Å². The Morgan fingerprint density at radius 3 is 2.30 bits per heavy atom. The first-order valence-electron chi connectivity index (χ1n) is 8.23. The molecule has 1 fully saturated rings. The maximum absolute atomic E-state index is 12.9. The van der Waals surface area contributed by atoms with Crippen molar-refractivity contribution in [2.24, 2.45) is 0 Å². The van der Waals surface area contributed by atoms with Crippen LogP contribution in [0.15, 0.2) is 44.4 Å². The molecule has 7 nitrogen and oxygen atoms in total. The van der Waals surface area contributed by atoms with Gasteiger partial charge in [0.15, 0.2) is 0 Å². The molecule has 2 amide bonds. The van der Waals surface area contributed by atoms with Gasteiger partial charge in [-0.25, -0.2) is 8.42 Å². The highest BCUT2D eigenvalue weighted by atomic mass is 79.9. The molecule has 144 valence electrons. The number of carbonyl (C=O) groups excluding carboxylic acids is 2. The third-order valence-electron chi connectivity index (χ3n) is 4.09. The van der Waals surface area contributed by atoms with E-state index < -0.39 is 16.1 Å². The average Bonchev–Trinajstić information content (AvgIpc) is 3.25. The predicted octanol–water partition coefficient (Wildman–Crippen LogP) is 3.26. The number of nitrogens with zero attached hydrogens (tertiary/aromatic N) is 1. The van der Waals surface area contributed by atoms with Gasteiger partial charge in [0.2, 0.25) is 11.8 Å². The zero-order chi connectivity index (χ0) is 19.6. The first-order chi connectivity index (χ1) is 12.8. The van der Waals surface area contributed by atoms with E-state index in [1.165, 1.54) is 17.3 Å².